The van der Waals surface area contributed by atoms with E-state index < -0.39 is 5.97 Å². The molecule has 0 bridgehead atoms. The van der Waals surface area contributed by atoms with Crippen molar-refractivity contribution in [2.24, 2.45) is 5.92 Å². The summed E-state index contributed by atoms with van der Waals surface area (Å²) in [7, 11) is 0. The van der Waals surface area contributed by atoms with Crippen LogP contribution in [0.15, 0.2) is 0 Å². The van der Waals surface area contributed by atoms with E-state index in [9.17, 15) is 9.59 Å². The van der Waals surface area contributed by atoms with Crippen molar-refractivity contribution >= 4 is 11.9 Å². The molecule has 0 radical (unpaired) electrons. The smallest absolute Gasteiger partial charge is 0.323 e. The van der Waals surface area contributed by atoms with Crippen molar-refractivity contribution in [2.75, 3.05) is 19.8 Å². The molecule has 1 N–H and O–H groups in total. The molecule has 0 aliphatic heterocycles. The van der Waals surface area contributed by atoms with E-state index in [0.717, 1.165) is 12.8 Å². The molecule has 5 heteroatoms. The van der Waals surface area contributed by atoms with Crippen LogP contribution in [0.2, 0.25) is 0 Å². The van der Waals surface area contributed by atoms with E-state index in [4.69, 9.17) is 9.84 Å². The average molecular weight is 227 g/mol. The van der Waals surface area contributed by atoms with Gasteiger partial charge in [-0.15, -0.1) is 0 Å². The maximum atomic E-state index is 11.7. The molecule has 2 aliphatic carbocycles. The molecule has 2 rings (SSSR count). The molecule has 0 aromatic rings. The summed E-state index contributed by atoms with van der Waals surface area (Å²) in [5, 5.41) is 8.70. The largest absolute Gasteiger partial charge is 0.480 e. The standard InChI is InChI=1S/C11H17NO4/c13-10(7-16-6-8-1-2-8)12(5-11(14)15)9-3-4-9/h8-9H,1-7H2,(H,14,15). The first-order valence-corrected chi connectivity index (χ1v) is 5.76. The van der Waals surface area contributed by atoms with Gasteiger partial charge >= 0.3 is 5.97 Å². The first-order valence-electron chi connectivity index (χ1n) is 5.76. The second kappa shape index (κ2) is 4.82. The van der Waals surface area contributed by atoms with Gasteiger partial charge in [0.25, 0.3) is 0 Å². The molecule has 5 nitrogen and oxygen atoms in total. The highest BCUT2D eigenvalue weighted by Gasteiger charge is 2.33. The van der Waals surface area contributed by atoms with Gasteiger partial charge in [-0.05, 0) is 31.6 Å². The van der Waals surface area contributed by atoms with Crippen LogP contribution in [0.4, 0.5) is 0 Å². The molecular formula is C11H17NO4. The van der Waals surface area contributed by atoms with Crippen molar-refractivity contribution < 1.29 is 19.4 Å². The quantitative estimate of drug-likeness (QED) is 0.687. The van der Waals surface area contributed by atoms with Gasteiger partial charge in [-0.25, -0.2) is 0 Å². The van der Waals surface area contributed by atoms with E-state index in [1.807, 2.05) is 0 Å². The number of ether oxygens (including phenoxy) is 1. The number of hydrogen-bond donors (Lipinski definition) is 1. The van der Waals surface area contributed by atoms with Gasteiger partial charge in [0, 0.05) is 6.04 Å². The first-order chi connectivity index (χ1) is 7.66. The SMILES string of the molecule is O=C(O)CN(C(=O)COCC1CC1)C1CC1. The molecule has 0 saturated heterocycles. The molecule has 0 atom stereocenters. The predicted octanol–water partition coefficient (Wildman–Crippen LogP) is 0.489. The zero-order valence-corrected chi connectivity index (χ0v) is 9.22. The number of amides is 1. The zero-order valence-electron chi connectivity index (χ0n) is 9.22. The van der Waals surface area contributed by atoms with E-state index in [1.54, 1.807) is 0 Å². The summed E-state index contributed by atoms with van der Waals surface area (Å²) in [5.74, 6) is -0.519. The number of rotatable bonds is 7. The highest BCUT2D eigenvalue weighted by atomic mass is 16.5. The molecule has 0 aromatic carbocycles. The Morgan fingerprint density at radius 1 is 1.25 bits per heavy atom. The first kappa shape index (κ1) is 11.4. The van der Waals surface area contributed by atoms with Crippen molar-refractivity contribution in [1.82, 2.24) is 4.90 Å². The summed E-state index contributed by atoms with van der Waals surface area (Å²) in [4.78, 5) is 23.7. The Kier molecular flexibility index (Phi) is 3.43. The highest BCUT2D eigenvalue weighted by molar-refractivity contribution is 5.82. The third kappa shape index (κ3) is 3.48. The summed E-state index contributed by atoms with van der Waals surface area (Å²) >= 11 is 0. The van der Waals surface area contributed by atoms with Crippen molar-refractivity contribution in [2.45, 2.75) is 31.7 Å². The molecule has 0 spiro atoms. The fraction of sp³-hybridized carbons (Fsp3) is 0.818. The molecule has 2 aliphatic rings. The molecule has 90 valence electrons. The summed E-state index contributed by atoms with van der Waals surface area (Å²) in [6.45, 7) is 0.466. The Balaban J connectivity index is 1.72. The van der Waals surface area contributed by atoms with Crippen LogP contribution in [0.25, 0.3) is 0 Å². The van der Waals surface area contributed by atoms with Gasteiger partial charge in [0.15, 0.2) is 0 Å². The van der Waals surface area contributed by atoms with Gasteiger partial charge in [0.1, 0.15) is 13.2 Å². The number of hydrogen-bond acceptors (Lipinski definition) is 3. The molecule has 0 aromatic heterocycles. The van der Waals surface area contributed by atoms with E-state index in [0.29, 0.717) is 12.5 Å². The molecule has 1 amide bonds. The topological polar surface area (TPSA) is 66.8 Å². The Morgan fingerprint density at radius 3 is 2.44 bits per heavy atom. The fourth-order valence-corrected chi connectivity index (χ4v) is 1.63. The number of nitrogens with zero attached hydrogens (tertiary/aromatic N) is 1. The van der Waals surface area contributed by atoms with E-state index in [2.05, 4.69) is 0 Å². The maximum Gasteiger partial charge on any atom is 0.323 e. The van der Waals surface area contributed by atoms with Gasteiger partial charge in [0.05, 0.1) is 6.61 Å². The van der Waals surface area contributed by atoms with Gasteiger partial charge in [-0.3, -0.25) is 9.59 Å². The number of aliphatic carboxylic acids is 1. The van der Waals surface area contributed by atoms with Crippen LogP contribution in [-0.4, -0.2) is 47.7 Å². The predicted molar refractivity (Wildman–Crippen MR) is 55.9 cm³/mol. The second-order valence-corrected chi connectivity index (χ2v) is 4.61. The molecule has 2 saturated carbocycles. The number of carbonyl (C=O) groups is 2. The van der Waals surface area contributed by atoms with Crippen LogP contribution in [-0.2, 0) is 14.3 Å². The lowest BCUT2D eigenvalue weighted by Crippen LogP contribution is -2.39. The summed E-state index contributed by atoms with van der Waals surface area (Å²) in [5.41, 5.74) is 0. The third-order valence-electron chi connectivity index (χ3n) is 2.89. The van der Waals surface area contributed by atoms with Gasteiger partial charge in [-0.1, -0.05) is 0 Å². The third-order valence-corrected chi connectivity index (χ3v) is 2.89. The Morgan fingerprint density at radius 2 is 1.94 bits per heavy atom. The maximum absolute atomic E-state index is 11.7. The lowest BCUT2D eigenvalue weighted by molar-refractivity contribution is -0.147. The average Bonchev–Trinajstić information content (AvgIpc) is 3.06. The summed E-state index contributed by atoms with van der Waals surface area (Å²) in [6, 6.07) is 0.133. The van der Waals surface area contributed by atoms with Crippen molar-refractivity contribution in [3.8, 4) is 0 Å². The van der Waals surface area contributed by atoms with Crippen LogP contribution in [0.3, 0.4) is 0 Å². The Bertz CT molecular complexity index is 284. The van der Waals surface area contributed by atoms with E-state index in [-0.39, 0.29) is 25.1 Å². The molecule has 2 fully saturated rings. The van der Waals surface area contributed by atoms with Gasteiger partial charge in [-0.2, -0.15) is 0 Å². The van der Waals surface area contributed by atoms with Crippen molar-refractivity contribution in [3.05, 3.63) is 0 Å². The minimum absolute atomic E-state index is 0.0281. The van der Waals surface area contributed by atoms with Crippen LogP contribution >= 0.6 is 0 Å². The van der Waals surface area contributed by atoms with Crippen LogP contribution in [0.1, 0.15) is 25.7 Å². The normalized spacial score (nSPS) is 19.5. The Hall–Kier alpha value is -1.10. The zero-order chi connectivity index (χ0) is 11.5. The molecular weight excluding hydrogens is 210 g/mol. The molecule has 16 heavy (non-hydrogen) atoms. The Labute approximate surface area is 94.4 Å². The monoisotopic (exact) mass is 227 g/mol. The van der Waals surface area contributed by atoms with Crippen LogP contribution < -0.4 is 0 Å². The molecule has 0 unspecified atom stereocenters. The lowest BCUT2D eigenvalue weighted by Gasteiger charge is -2.19. The number of carboxylic acid groups (broad SMARTS) is 1. The second-order valence-electron chi connectivity index (χ2n) is 4.61. The van der Waals surface area contributed by atoms with Crippen LogP contribution in [0, 0.1) is 5.92 Å². The number of carboxylic acids is 1. The minimum atomic E-state index is -0.956. The van der Waals surface area contributed by atoms with Crippen LogP contribution in [0.5, 0.6) is 0 Å². The highest BCUT2D eigenvalue weighted by Crippen LogP contribution is 2.29. The van der Waals surface area contributed by atoms with E-state index >= 15 is 0 Å². The summed E-state index contributed by atoms with van der Waals surface area (Å²) < 4.78 is 5.28. The summed E-state index contributed by atoms with van der Waals surface area (Å²) in [6.07, 6.45) is 4.22. The fourth-order valence-electron chi connectivity index (χ4n) is 1.63. The minimum Gasteiger partial charge on any atom is -0.480 e. The van der Waals surface area contributed by atoms with Gasteiger partial charge in [0.2, 0.25) is 5.91 Å². The number of carbonyl (C=O) groups excluding carboxylic acids is 1. The van der Waals surface area contributed by atoms with E-state index in [1.165, 1.54) is 17.7 Å². The lowest BCUT2D eigenvalue weighted by atomic mass is 10.4. The molecule has 0 heterocycles. The van der Waals surface area contributed by atoms with Gasteiger partial charge < -0.3 is 14.7 Å². The van der Waals surface area contributed by atoms with Crippen molar-refractivity contribution in [1.29, 1.82) is 0 Å². The van der Waals surface area contributed by atoms with Crippen molar-refractivity contribution in [3.63, 3.8) is 0 Å².